The van der Waals surface area contributed by atoms with Gasteiger partial charge >= 0.3 is 5.97 Å². The number of anilines is 2. The Morgan fingerprint density at radius 1 is 1.25 bits per heavy atom. The van der Waals surface area contributed by atoms with Crippen LogP contribution < -0.4 is 10.6 Å². The van der Waals surface area contributed by atoms with Crippen LogP contribution in [0, 0.1) is 16.7 Å². The van der Waals surface area contributed by atoms with Gasteiger partial charge in [0.15, 0.2) is 0 Å². The normalized spacial score (nSPS) is 17.8. The summed E-state index contributed by atoms with van der Waals surface area (Å²) in [4.78, 5) is 24.1. The number of hydrogen-bond donors (Lipinski definition) is 2. The molecule has 3 rings (SSSR count). The fraction of sp³-hybridized carbons (Fsp3) is 0.353. The lowest BCUT2D eigenvalue weighted by Gasteiger charge is -2.15. The summed E-state index contributed by atoms with van der Waals surface area (Å²) in [5.41, 5.74) is 1.80. The monoisotopic (exact) mass is 343 g/mol. The van der Waals surface area contributed by atoms with Crippen molar-refractivity contribution in [3.8, 4) is 6.07 Å². The van der Waals surface area contributed by atoms with E-state index in [1.54, 1.807) is 17.8 Å². The molecule has 0 unspecified atom stereocenters. The Kier molecular flexibility index (Phi) is 4.49. The average molecular weight is 343 g/mol. The van der Waals surface area contributed by atoms with Gasteiger partial charge in [-0.2, -0.15) is 17.0 Å². The van der Waals surface area contributed by atoms with Gasteiger partial charge in [0, 0.05) is 17.2 Å². The molecular weight excluding hydrogens is 326 g/mol. The van der Waals surface area contributed by atoms with Crippen LogP contribution in [0.1, 0.15) is 12.8 Å². The lowest BCUT2D eigenvalue weighted by atomic mass is 10.1. The van der Waals surface area contributed by atoms with E-state index in [4.69, 9.17) is 10.00 Å². The number of rotatable bonds is 5. The number of esters is 1. The summed E-state index contributed by atoms with van der Waals surface area (Å²) in [6.45, 7) is 0. The summed E-state index contributed by atoms with van der Waals surface area (Å²) in [6.07, 6.45) is 1.19. The molecule has 0 aromatic heterocycles. The van der Waals surface area contributed by atoms with Crippen LogP contribution in [0.4, 0.5) is 11.4 Å². The van der Waals surface area contributed by atoms with Gasteiger partial charge in [-0.15, -0.1) is 0 Å². The summed E-state index contributed by atoms with van der Waals surface area (Å²) in [5, 5.41) is 15.2. The minimum absolute atomic E-state index is 0.276. The molecule has 2 aliphatic rings. The maximum atomic E-state index is 12.3. The Bertz CT molecular complexity index is 763. The molecule has 1 amide bonds. The van der Waals surface area contributed by atoms with E-state index in [9.17, 15) is 9.59 Å². The topological polar surface area (TPSA) is 91.2 Å². The third-order valence-corrected chi connectivity index (χ3v) is 5.13. The van der Waals surface area contributed by atoms with Crippen molar-refractivity contribution in [2.45, 2.75) is 12.8 Å². The molecule has 1 aromatic carbocycles. The van der Waals surface area contributed by atoms with E-state index in [0.717, 1.165) is 5.70 Å². The number of thioether (sulfide) groups is 1. The zero-order valence-corrected chi connectivity index (χ0v) is 14.0. The van der Waals surface area contributed by atoms with Gasteiger partial charge in [0.05, 0.1) is 30.1 Å². The Hall–Kier alpha value is -2.46. The molecule has 0 bridgehead atoms. The van der Waals surface area contributed by atoms with Crippen molar-refractivity contribution in [3.05, 3.63) is 35.5 Å². The molecule has 0 radical (unpaired) electrons. The van der Waals surface area contributed by atoms with Crippen LogP contribution in [0.15, 0.2) is 35.5 Å². The smallest absolute Gasteiger partial charge is 0.336 e. The molecule has 1 aliphatic heterocycles. The predicted octanol–water partition coefficient (Wildman–Crippen LogP) is 2.51. The Morgan fingerprint density at radius 2 is 1.96 bits per heavy atom. The average Bonchev–Trinajstić information content (AvgIpc) is 3.28. The molecule has 24 heavy (non-hydrogen) atoms. The van der Waals surface area contributed by atoms with Gasteiger partial charge in [0.25, 0.3) is 0 Å². The molecule has 6 nitrogen and oxygen atoms in total. The Balaban J connectivity index is 1.81. The second-order valence-electron chi connectivity index (χ2n) is 5.76. The SMILES string of the molecule is COC(=O)C1=C(Nc2ccccc2NC(=O)C2(C#N)CC2)CSC1. The molecule has 1 aliphatic carbocycles. The van der Waals surface area contributed by atoms with E-state index in [-0.39, 0.29) is 11.9 Å². The van der Waals surface area contributed by atoms with Crippen molar-refractivity contribution in [2.75, 3.05) is 29.2 Å². The number of amides is 1. The van der Waals surface area contributed by atoms with Crippen molar-refractivity contribution in [3.63, 3.8) is 0 Å². The van der Waals surface area contributed by atoms with Crippen LogP contribution in [0.25, 0.3) is 0 Å². The van der Waals surface area contributed by atoms with Crippen LogP contribution in [0.2, 0.25) is 0 Å². The first kappa shape index (κ1) is 16.4. The number of para-hydroxylation sites is 2. The number of carbonyl (C=O) groups excluding carboxylic acids is 2. The first-order valence-electron chi connectivity index (χ1n) is 7.56. The number of hydrogen-bond acceptors (Lipinski definition) is 6. The highest BCUT2D eigenvalue weighted by atomic mass is 32.2. The standard InChI is InChI=1S/C17H17N3O3S/c1-23-15(21)11-8-24-9-14(11)19-12-4-2-3-5-13(12)20-16(22)17(10-18)6-7-17/h2-5,19H,6-9H2,1H3,(H,20,22). The van der Waals surface area contributed by atoms with Gasteiger partial charge in [-0.25, -0.2) is 4.79 Å². The molecule has 0 atom stereocenters. The summed E-state index contributed by atoms with van der Waals surface area (Å²) in [6, 6.07) is 9.34. The number of nitrogens with one attached hydrogen (secondary N) is 2. The van der Waals surface area contributed by atoms with Gasteiger partial charge in [0.1, 0.15) is 5.41 Å². The van der Waals surface area contributed by atoms with Crippen molar-refractivity contribution >= 4 is 35.0 Å². The van der Waals surface area contributed by atoms with Crippen molar-refractivity contribution < 1.29 is 14.3 Å². The molecule has 2 N–H and O–H groups in total. The predicted molar refractivity (Wildman–Crippen MR) is 92.3 cm³/mol. The number of ether oxygens (including phenoxy) is 1. The highest BCUT2D eigenvalue weighted by molar-refractivity contribution is 8.00. The van der Waals surface area contributed by atoms with Crippen LogP contribution in [-0.2, 0) is 14.3 Å². The van der Waals surface area contributed by atoms with Gasteiger partial charge in [-0.05, 0) is 25.0 Å². The van der Waals surface area contributed by atoms with Crippen molar-refractivity contribution in [2.24, 2.45) is 5.41 Å². The quantitative estimate of drug-likeness (QED) is 0.798. The van der Waals surface area contributed by atoms with E-state index < -0.39 is 5.41 Å². The lowest BCUT2D eigenvalue weighted by Crippen LogP contribution is -2.23. The molecule has 1 heterocycles. The fourth-order valence-corrected chi connectivity index (χ4v) is 3.52. The third kappa shape index (κ3) is 3.10. The van der Waals surface area contributed by atoms with E-state index >= 15 is 0 Å². The largest absolute Gasteiger partial charge is 0.466 e. The summed E-state index contributed by atoms with van der Waals surface area (Å²) in [7, 11) is 1.36. The molecule has 1 aromatic rings. The zero-order chi connectivity index (χ0) is 17.2. The van der Waals surface area contributed by atoms with Crippen LogP contribution in [-0.4, -0.2) is 30.5 Å². The number of benzene rings is 1. The third-order valence-electron chi connectivity index (χ3n) is 4.15. The number of nitriles is 1. The summed E-state index contributed by atoms with van der Waals surface area (Å²) in [5.74, 6) is 0.656. The number of carbonyl (C=O) groups is 2. The van der Waals surface area contributed by atoms with E-state index in [1.807, 2.05) is 18.2 Å². The first-order valence-corrected chi connectivity index (χ1v) is 8.72. The first-order chi connectivity index (χ1) is 11.6. The van der Waals surface area contributed by atoms with E-state index in [1.165, 1.54) is 7.11 Å². The van der Waals surface area contributed by atoms with Crippen molar-refractivity contribution in [1.29, 1.82) is 5.26 Å². The highest BCUT2D eigenvalue weighted by Crippen LogP contribution is 2.46. The zero-order valence-electron chi connectivity index (χ0n) is 13.2. The van der Waals surface area contributed by atoms with Crippen LogP contribution >= 0.6 is 11.8 Å². The fourth-order valence-electron chi connectivity index (χ4n) is 2.47. The van der Waals surface area contributed by atoms with E-state index in [2.05, 4.69) is 16.7 Å². The molecule has 124 valence electrons. The van der Waals surface area contributed by atoms with Gasteiger partial charge in [0.2, 0.25) is 5.91 Å². The van der Waals surface area contributed by atoms with Crippen LogP contribution in [0.3, 0.4) is 0 Å². The summed E-state index contributed by atoms with van der Waals surface area (Å²) >= 11 is 1.62. The highest BCUT2D eigenvalue weighted by Gasteiger charge is 2.50. The van der Waals surface area contributed by atoms with Gasteiger partial charge in [-0.1, -0.05) is 12.1 Å². The second-order valence-corrected chi connectivity index (χ2v) is 6.75. The maximum absolute atomic E-state index is 12.3. The Labute approximate surface area is 144 Å². The van der Waals surface area contributed by atoms with Gasteiger partial charge < -0.3 is 15.4 Å². The molecule has 7 heteroatoms. The van der Waals surface area contributed by atoms with Gasteiger partial charge in [-0.3, -0.25) is 4.79 Å². The lowest BCUT2D eigenvalue weighted by molar-refractivity contribution is -0.136. The molecule has 0 saturated heterocycles. The van der Waals surface area contributed by atoms with Crippen molar-refractivity contribution in [1.82, 2.24) is 0 Å². The number of methoxy groups -OCH3 is 1. The van der Waals surface area contributed by atoms with Crippen LogP contribution in [0.5, 0.6) is 0 Å². The molecule has 1 saturated carbocycles. The number of nitrogens with zero attached hydrogens (tertiary/aromatic N) is 1. The molecule has 1 fully saturated rings. The minimum atomic E-state index is -0.882. The maximum Gasteiger partial charge on any atom is 0.336 e. The second kappa shape index (κ2) is 6.57. The minimum Gasteiger partial charge on any atom is -0.466 e. The summed E-state index contributed by atoms with van der Waals surface area (Å²) < 4.78 is 4.81. The molecular formula is C17H17N3O3S. The Morgan fingerprint density at radius 3 is 2.58 bits per heavy atom. The molecule has 0 spiro atoms. The van der Waals surface area contributed by atoms with E-state index in [0.29, 0.717) is 41.3 Å².